The number of rotatable bonds is 11. The molecule has 5 N–H and O–H groups in total. The molecule has 0 saturated carbocycles. The van der Waals surface area contributed by atoms with Crippen LogP contribution >= 0.6 is 0 Å². The van der Waals surface area contributed by atoms with E-state index in [1.54, 1.807) is 36.4 Å². The minimum absolute atomic E-state index is 0.0648. The third-order valence-corrected chi connectivity index (χ3v) is 5.34. The second-order valence-corrected chi connectivity index (χ2v) is 8.08. The Hall–Kier alpha value is -5.27. The molecule has 0 fully saturated rings. The van der Waals surface area contributed by atoms with Crippen molar-refractivity contribution in [2.24, 2.45) is 5.73 Å². The smallest absolute Gasteiger partial charge is 0.349 e. The van der Waals surface area contributed by atoms with Crippen molar-refractivity contribution in [1.82, 2.24) is 25.0 Å². The van der Waals surface area contributed by atoms with E-state index < -0.39 is 24.4 Å². The quantitative estimate of drug-likeness (QED) is 0.0958. The Kier molecular flexibility index (Phi) is 8.14. The van der Waals surface area contributed by atoms with Gasteiger partial charge in [0.2, 0.25) is 0 Å². The zero-order valence-corrected chi connectivity index (χ0v) is 21.0. The van der Waals surface area contributed by atoms with Crippen molar-refractivity contribution < 1.29 is 23.4 Å². The second-order valence-electron chi connectivity index (χ2n) is 8.08. The van der Waals surface area contributed by atoms with Gasteiger partial charge in [-0.2, -0.15) is 9.78 Å². The maximum absolute atomic E-state index is 12.8. The Balaban J connectivity index is 1.83. The highest BCUT2D eigenvalue weighted by Gasteiger charge is 2.23. The number of hydrogen-bond acceptors (Lipinski definition) is 10. The van der Waals surface area contributed by atoms with Gasteiger partial charge >= 0.3 is 11.7 Å². The van der Waals surface area contributed by atoms with Crippen LogP contribution in [0.2, 0.25) is 0 Å². The lowest BCUT2D eigenvalue weighted by molar-refractivity contribution is -0.131. The molecule has 4 rings (SSSR count). The van der Waals surface area contributed by atoms with E-state index in [1.807, 2.05) is 0 Å². The monoisotopic (exact) mass is 536 g/mol. The average Bonchev–Trinajstić information content (AvgIpc) is 3.31. The van der Waals surface area contributed by atoms with E-state index in [2.05, 4.69) is 25.6 Å². The van der Waals surface area contributed by atoms with Gasteiger partial charge in [0, 0.05) is 30.9 Å². The number of esters is 1. The van der Waals surface area contributed by atoms with E-state index in [0.29, 0.717) is 22.7 Å². The summed E-state index contributed by atoms with van der Waals surface area (Å²) in [7, 11) is 1.47. The highest BCUT2D eigenvalue weighted by atomic mass is 19.1. The maximum Gasteiger partial charge on any atom is 0.349 e. The molecule has 0 radical (unpaired) electrons. The number of anilines is 1. The fourth-order valence-electron chi connectivity index (χ4n) is 3.70. The molecule has 39 heavy (non-hydrogen) atoms. The summed E-state index contributed by atoms with van der Waals surface area (Å²) < 4.78 is 30.0. The number of nitrogens with two attached hydrogens (primary N) is 1. The molecule has 2 heterocycles. The molecule has 0 saturated heterocycles. The number of amidine groups is 1. The first-order valence-corrected chi connectivity index (χ1v) is 11.6. The summed E-state index contributed by atoms with van der Waals surface area (Å²) in [4.78, 5) is 27.2. The summed E-state index contributed by atoms with van der Waals surface area (Å²) in [6.07, 6.45) is 1.47. The topological polar surface area (TPSA) is 183 Å². The molecule has 0 spiro atoms. The van der Waals surface area contributed by atoms with Crippen molar-refractivity contribution in [3.8, 4) is 23.1 Å². The molecule has 0 aliphatic carbocycles. The molecular formula is C25H25FN8O5. The van der Waals surface area contributed by atoms with Crippen LogP contribution < -0.4 is 31.0 Å². The van der Waals surface area contributed by atoms with E-state index in [1.165, 1.54) is 32.4 Å². The summed E-state index contributed by atoms with van der Waals surface area (Å²) in [5.74, 6) is 0.303. The number of aromatic nitrogens is 5. The minimum atomic E-state index is -0.827. The number of benzene rings is 2. The second kappa shape index (κ2) is 11.9. The van der Waals surface area contributed by atoms with Gasteiger partial charge in [0.15, 0.2) is 11.6 Å². The molecule has 13 nitrogen and oxygen atoms in total. The third-order valence-electron chi connectivity index (χ3n) is 5.34. The highest BCUT2D eigenvalue weighted by molar-refractivity contribution is 5.98. The summed E-state index contributed by atoms with van der Waals surface area (Å²) >= 11 is 0. The first kappa shape index (κ1) is 26.8. The zero-order chi connectivity index (χ0) is 27.9. The van der Waals surface area contributed by atoms with E-state index in [9.17, 15) is 14.0 Å². The molecule has 1 atom stereocenters. The lowest BCUT2D eigenvalue weighted by atomic mass is 10.0. The highest BCUT2D eigenvalue weighted by Crippen LogP contribution is 2.33. The van der Waals surface area contributed by atoms with Crippen LogP contribution in [0.4, 0.5) is 10.1 Å². The third kappa shape index (κ3) is 6.36. The molecule has 0 aliphatic rings. The Morgan fingerprint density at radius 1 is 1.23 bits per heavy atom. The van der Waals surface area contributed by atoms with Crippen molar-refractivity contribution in [3.63, 3.8) is 0 Å². The number of methoxy groups -OCH3 is 1. The van der Waals surface area contributed by atoms with Gasteiger partial charge in [-0.15, -0.1) is 10.2 Å². The van der Waals surface area contributed by atoms with Gasteiger partial charge in [0.1, 0.15) is 42.4 Å². The van der Waals surface area contributed by atoms with Gasteiger partial charge in [-0.3, -0.25) is 15.2 Å². The molecule has 0 unspecified atom stereocenters. The number of halogens is 1. The van der Waals surface area contributed by atoms with Crippen LogP contribution in [-0.4, -0.2) is 57.2 Å². The van der Waals surface area contributed by atoms with Crippen LogP contribution in [0.15, 0.2) is 59.5 Å². The number of H-pyrrole nitrogens is 1. The molecule has 0 bridgehead atoms. The van der Waals surface area contributed by atoms with Gasteiger partial charge in [-0.05, 0) is 42.0 Å². The van der Waals surface area contributed by atoms with E-state index in [-0.39, 0.29) is 35.4 Å². The number of ether oxygens (including phenoxy) is 3. The first-order chi connectivity index (χ1) is 18.8. The number of nitrogens with zero attached hydrogens (tertiary/aromatic N) is 4. The molecule has 14 heteroatoms. The molecule has 4 aromatic rings. The van der Waals surface area contributed by atoms with Crippen LogP contribution in [-0.2, 0) is 4.79 Å². The Morgan fingerprint density at radius 2 is 2.03 bits per heavy atom. The Labute approximate surface area is 221 Å². The first-order valence-electron chi connectivity index (χ1n) is 11.6. The lowest BCUT2D eigenvalue weighted by Crippen LogP contribution is -2.17. The standard InChI is InChI=1S/C25H25FN8O5/c1-14(35)39-20-12-16(5-6-19(20)23(27)28)30-22(15-10-17(37-2)13-18(11-15)38-9-7-26)24-31-25(36)34(33-24)21-4-3-8-29-32-21/h3-6,8,10-13,22,30H,7,9H2,1-2H3,(H3,27,28)(H,31,33,36)/t22-/m0/s1. The number of alkyl halides is 1. The minimum Gasteiger partial charge on any atom is -0.497 e. The van der Waals surface area contributed by atoms with Crippen molar-refractivity contribution in [2.45, 2.75) is 13.0 Å². The van der Waals surface area contributed by atoms with E-state index in [4.69, 9.17) is 25.4 Å². The largest absolute Gasteiger partial charge is 0.497 e. The van der Waals surface area contributed by atoms with E-state index in [0.717, 1.165) is 4.68 Å². The van der Waals surface area contributed by atoms with Crippen molar-refractivity contribution in [2.75, 3.05) is 25.7 Å². The fraction of sp³-hybridized carbons (Fsp3) is 0.200. The summed E-state index contributed by atoms with van der Waals surface area (Å²) in [5, 5.41) is 23.2. The van der Waals surface area contributed by atoms with Gasteiger partial charge in [0.25, 0.3) is 0 Å². The number of hydrogen-bond donors (Lipinski definition) is 4. The van der Waals surface area contributed by atoms with Gasteiger partial charge in [-0.1, -0.05) is 0 Å². The summed E-state index contributed by atoms with van der Waals surface area (Å²) in [6, 6.07) is 11.9. The molecule has 2 aromatic heterocycles. The van der Waals surface area contributed by atoms with Gasteiger partial charge in [-0.25, -0.2) is 9.18 Å². The van der Waals surface area contributed by atoms with Crippen LogP contribution in [0.25, 0.3) is 5.82 Å². The predicted octanol–water partition coefficient (Wildman–Crippen LogP) is 2.12. The molecule has 0 amide bonds. The zero-order valence-electron chi connectivity index (χ0n) is 21.0. The number of nitrogens with one attached hydrogen (secondary N) is 3. The summed E-state index contributed by atoms with van der Waals surface area (Å²) in [6.45, 7) is 0.373. The van der Waals surface area contributed by atoms with Crippen molar-refractivity contribution >= 4 is 17.5 Å². The molecule has 202 valence electrons. The van der Waals surface area contributed by atoms with E-state index >= 15 is 0 Å². The van der Waals surface area contributed by atoms with Gasteiger partial charge in [0.05, 0.1) is 12.7 Å². The van der Waals surface area contributed by atoms with Crippen LogP contribution in [0.1, 0.15) is 29.9 Å². The maximum atomic E-state index is 12.8. The molecular weight excluding hydrogens is 511 g/mol. The molecule has 2 aromatic carbocycles. The number of nitrogen functional groups attached to an aromatic ring is 1. The summed E-state index contributed by atoms with van der Waals surface area (Å²) in [5.41, 5.74) is 6.26. The molecule has 0 aliphatic heterocycles. The number of carbonyl (C=O) groups excluding carboxylic acids is 1. The average molecular weight is 537 g/mol. The Bertz CT molecular complexity index is 1540. The van der Waals surface area contributed by atoms with Crippen molar-refractivity contribution in [1.29, 1.82) is 5.41 Å². The van der Waals surface area contributed by atoms with Crippen LogP contribution in [0.3, 0.4) is 0 Å². The predicted molar refractivity (Wildman–Crippen MR) is 138 cm³/mol. The lowest BCUT2D eigenvalue weighted by Gasteiger charge is -2.21. The van der Waals surface area contributed by atoms with Crippen molar-refractivity contribution in [3.05, 3.63) is 82.2 Å². The number of carbonyl (C=O) groups is 1. The van der Waals surface area contributed by atoms with Crippen LogP contribution in [0, 0.1) is 5.41 Å². The fourth-order valence-corrected chi connectivity index (χ4v) is 3.70. The normalized spacial score (nSPS) is 11.5. The Morgan fingerprint density at radius 3 is 2.69 bits per heavy atom. The van der Waals surface area contributed by atoms with Gasteiger partial charge < -0.3 is 25.3 Å². The SMILES string of the molecule is COc1cc(OCCF)cc([C@H](Nc2ccc(C(=N)N)c(OC(C)=O)c2)c2nn(-c3cccnn3)c(=O)[nH]2)c1. The number of aromatic amines is 1. The van der Waals surface area contributed by atoms with Crippen LogP contribution in [0.5, 0.6) is 17.2 Å².